The van der Waals surface area contributed by atoms with Crippen LogP contribution in [0, 0.1) is 11.3 Å². The topological polar surface area (TPSA) is 73.2 Å². The van der Waals surface area contributed by atoms with E-state index in [4.69, 9.17) is 5.26 Å². The molecule has 24 heavy (non-hydrogen) atoms. The van der Waals surface area contributed by atoms with E-state index in [1.165, 1.54) is 11.3 Å². The highest BCUT2D eigenvalue weighted by atomic mass is 32.1. The van der Waals surface area contributed by atoms with Crippen LogP contribution in [0.5, 0.6) is 0 Å². The molecule has 1 aliphatic rings. The molecule has 122 valence electrons. The van der Waals surface area contributed by atoms with Crippen LogP contribution in [0.3, 0.4) is 0 Å². The predicted molar refractivity (Wildman–Crippen MR) is 94.1 cm³/mol. The Morgan fingerprint density at radius 1 is 1.38 bits per heavy atom. The molecule has 0 saturated carbocycles. The van der Waals surface area contributed by atoms with Crippen molar-refractivity contribution in [3.05, 3.63) is 46.8 Å². The van der Waals surface area contributed by atoms with Crippen molar-refractivity contribution in [3.63, 3.8) is 0 Å². The van der Waals surface area contributed by atoms with Crippen LogP contribution in [-0.2, 0) is 9.59 Å². The first-order valence-corrected chi connectivity index (χ1v) is 8.62. The van der Waals surface area contributed by atoms with Gasteiger partial charge in [-0.2, -0.15) is 5.26 Å². The number of rotatable bonds is 4. The van der Waals surface area contributed by atoms with Crippen LogP contribution in [-0.4, -0.2) is 18.4 Å². The molecule has 0 saturated heterocycles. The quantitative estimate of drug-likeness (QED) is 0.926. The number of carbonyl (C=O) groups excluding carboxylic acids is 2. The number of benzene rings is 1. The van der Waals surface area contributed by atoms with Crippen molar-refractivity contribution in [1.82, 2.24) is 0 Å². The third-order valence-electron chi connectivity index (χ3n) is 4.21. The van der Waals surface area contributed by atoms with E-state index in [-0.39, 0.29) is 17.7 Å². The molecule has 1 aromatic heterocycles. The zero-order chi connectivity index (χ0) is 17.1. The molecule has 0 fully saturated rings. The molecule has 2 amide bonds. The van der Waals surface area contributed by atoms with Crippen LogP contribution in [0.2, 0.25) is 0 Å². The van der Waals surface area contributed by atoms with Gasteiger partial charge in [0.15, 0.2) is 0 Å². The third-order valence-corrected chi connectivity index (χ3v) is 5.04. The van der Waals surface area contributed by atoms with Crippen LogP contribution >= 0.6 is 11.3 Å². The van der Waals surface area contributed by atoms with Gasteiger partial charge in [0.1, 0.15) is 11.1 Å². The highest BCUT2D eigenvalue weighted by Crippen LogP contribution is 2.38. The number of hydrogen-bond donors (Lipinski definition) is 1. The van der Waals surface area contributed by atoms with E-state index in [1.807, 2.05) is 24.3 Å². The van der Waals surface area contributed by atoms with Gasteiger partial charge in [-0.05, 0) is 29.5 Å². The number of para-hydroxylation sites is 1. The number of anilines is 2. The fourth-order valence-corrected chi connectivity index (χ4v) is 3.78. The number of nitrogens with zero attached hydrogens (tertiary/aromatic N) is 2. The van der Waals surface area contributed by atoms with Gasteiger partial charge in [0.25, 0.3) is 0 Å². The van der Waals surface area contributed by atoms with E-state index in [0.717, 1.165) is 11.3 Å². The van der Waals surface area contributed by atoms with Crippen molar-refractivity contribution >= 4 is 33.8 Å². The summed E-state index contributed by atoms with van der Waals surface area (Å²) >= 11 is 1.35. The summed E-state index contributed by atoms with van der Waals surface area (Å²) in [6.45, 7) is 2.18. The molecular formula is C18H17N3O2S. The zero-order valence-corrected chi connectivity index (χ0v) is 14.1. The minimum Gasteiger partial charge on any atom is -0.317 e. The van der Waals surface area contributed by atoms with Crippen LogP contribution in [0.4, 0.5) is 10.7 Å². The van der Waals surface area contributed by atoms with Gasteiger partial charge in [0.2, 0.25) is 11.8 Å². The van der Waals surface area contributed by atoms with Gasteiger partial charge < -0.3 is 10.2 Å². The lowest BCUT2D eigenvalue weighted by atomic mass is 9.96. The standard InChI is InChI=1S/C18H17N3O2S/c1-12(22)21-11-14(15-4-2-3-5-16(15)21)6-7-17(23)20-18-13(10-19)8-9-24-18/h2-5,8-9,14H,6-7,11H2,1H3,(H,20,23)/t14-/m0/s1. The summed E-state index contributed by atoms with van der Waals surface area (Å²) < 4.78 is 0. The Hall–Kier alpha value is -2.65. The van der Waals surface area contributed by atoms with E-state index < -0.39 is 0 Å². The molecule has 5 nitrogen and oxygen atoms in total. The number of carbonyl (C=O) groups is 2. The summed E-state index contributed by atoms with van der Waals surface area (Å²) in [6, 6.07) is 11.6. The van der Waals surface area contributed by atoms with Crippen molar-refractivity contribution in [2.45, 2.75) is 25.7 Å². The monoisotopic (exact) mass is 339 g/mol. The summed E-state index contributed by atoms with van der Waals surface area (Å²) in [5, 5.41) is 14.2. The summed E-state index contributed by atoms with van der Waals surface area (Å²) in [4.78, 5) is 25.7. The normalized spacial score (nSPS) is 15.7. The predicted octanol–water partition coefficient (Wildman–Crippen LogP) is 3.49. The van der Waals surface area contributed by atoms with Crippen molar-refractivity contribution in [1.29, 1.82) is 5.26 Å². The first kappa shape index (κ1) is 16.2. The van der Waals surface area contributed by atoms with Crippen molar-refractivity contribution < 1.29 is 9.59 Å². The highest BCUT2D eigenvalue weighted by molar-refractivity contribution is 7.14. The number of amides is 2. The van der Waals surface area contributed by atoms with Gasteiger partial charge in [0, 0.05) is 31.5 Å². The maximum absolute atomic E-state index is 12.2. The van der Waals surface area contributed by atoms with Crippen LogP contribution in [0.15, 0.2) is 35.7 Å². The number of nitrogens with one attached hydrogen (secondary N) is 1. The number of nitriles is 1. The summed E-state index contributed by atoms with van der Waals surface area (Å²) in [5.41, 5.74) is 2.55. The van der Waals surface area contributed by atoms with Crippen molar-refractivity contribution in [2.24, 2.45) is 0 Å². The van der Waals surface area contributed by atoms with Gasteiger partial charge in [-0.3, -0.25) is 9.59 Å². The minimum atomic E-state index is -0.104. The van der Waals surface area contributed by atoms with Crippen LogP contribution in [0.1, 0.15) is 36.8 Å². The Labute approximate surface area is 144 Å². The molecule has 1 N–H and O–H groups in total. The van der Waals surface area contributed by atoms with E-state index in [9.17, 15) is 9.59 Å². The minimum absolute atomic E-state index is 0.0200. The fourth-order valence-electron chi connectivity index (χ4n) is 3.03. The van der Waals surface area contributed by atoms with Gasteiger partial charge in [-0.1, -0.05) is 18.2 Å². The van der Waals surface area contributed by atoms with Gasteiger partial charge in [-0.25, -0.2) is 0 Å². The number of thiophene rings is 1. The van der Waals surface area contributed by atoms with Crippen molar-refractivity contribution in [2.75, 3.05) is 16.8 Å². The lowest BCUT2D eigenvalue weighted by Gasteiger charge is -2.15. The van der Waals surface area contributed by atoms with Crippen molar-refractivity contribution in [3.8, 4) is 6.07 Å². The zero-order valence-electron chi connectivity index (χ0n) is 13.3. The SMILES string of the molecule is CC(=O)N1C[C@H](CCC(=O)Nc2sccc2C#N)c2ccccc21. The maximum atomic E-state index is 12.2. The first-order chi connectivity index (χ1) is 11.6. The highest BCUT2D eigenvalue weighted by Gasteiger charge is 2.30. The van der Waals surface area contributed by atoms with E-state index in [2.05, 4.69) is 11.4 Å². The number of hydrogen-bond acceptors (Lipinski definition) is 4. The molecule has 0 radical (unpaired) electrons. The Kier molecular flexibility index (Phi) is 4.63. The molecule has 1 aliphatic heterocycles. The Balaban J connectivity index is 1.64. The van der Waals surface area contributed by atoms with E-state index in [1.54, 1.807) is 23.3 Å². The Morgan fingerprint density at radius 2 is 2.17 bits per heavy atom. The molecule has 0 unspecified atom stereocenters. The Morgan fingerprint density at radius 3 is 2.92 bits per heavy atom. The summed E-state index contributed by atoms with van der Waals surface area (Å²) in [7, 11) is 0. The molecule has 6 heteroatoms. The smallest absolute Gasteiger partial charge is 0.225 e. The second kappa shape index (κ2) is 6.85. The first-order valence-electron chi connectivity index (χ1n) is 7.74. The summed E-state index contributed by atoms with van der Waals surface area (Å²) in [6.07, 6.45) is 1.02. The van der Waals surface area contributed by atoms with Gasteiger partial charge >= 0.3 is 0 Å². The molecule has 0 bridgehead atoms. The summed E-state index contributed by atoms with van der Waals surface area (Å²) in [5.74, 6) is 0.0778. The molecule has 1 aromatic carbocycles. The molecule has 0 spiro atoms. The molecule has 0 aliphatic carbocycles. The molecule has 1 atom stereocenters. The average Bonchev–Trinajstić information content (AvgIpc) is 3.17. The molecule has 2 heterocycles. The fraction of sp³-hybridized carbons (Fsp3) is 0.278. The van der Waals surface area contributed by atoms with Crippen LogP contribution < -0.4 is 10.2 Å². The average molecular weight is 339 g/mol. The van der Waals surface area contributed by atoms with E-state index in [0.29, 0.717) is 30.0 Å². The molecular weight excluding hydrogens is 322 g/mol. The molecule has 3 rings (SSSR count). The second-order valence-electron chi connectivity index (χ2n) is 5.75. The Bertz CT molecular complexity index is 822. The van der Waals surface area contributed by atoms with Gasteiger partial charge in [-0.15, -0.1) is 11.3 Å². The number of fused-ring (bicyclic) bond motifs is 1. The van der Waals surface area contributed by atoms with E-state index >= 15 is 0 Å². The van der Waals surface area contributed by atoms with Crippen LogP contribution in [0.25, 0.3) is 0 Å². The second-order valence-corrected chi connectivity index (χ2v) is 6.66. The maximum Gasteiger partial charge on any atom is 0.225 e. The largest absolute Gasteiger partial charge is 0.317 e. The lowest BCUT2D eigenvalue weighted by molar-refractivity contribution is -0.116. The lowest BCUT2D eigenvalue weighted by Crippen LogP contribution is -2.27. The molecule has 2 aromatic rings. The van der Waals surface area contributed by atoms with Gasteiger partial charge in [0.05, 0.1) is 5.56 Å². The third kappa shape index (κ3) is 3.17.